The van der Waals surface area contributed by atoms with Gasteiger partial charge < -0.3 is 14.9 Å². The van der Waals surface area contributed by atoms with Crippen LogP contribution < -0.4 is 0 Å². The van der Waals surface area contributed by atoms with Gasteiger partial charge in [0.05, 0.1) is 18.4 Å². The number of aliphatic carboxylic acids is 1. The molecule has 156 valence electrons. The van der Waals surface area contributed by atoms with Crippen molar-refractivity contribution in [3.05, 3.63) is 23.8 Å². The van der Waals surface area contributed by atoms with E-state index in [2.05, 4.69) is 25.2 Å². The van der Waals surface area contributed by atoms with Crippen LogP contribution in [-0.4, -0.2) is 34.4 Å². The van der Waals surface area contributed by atoms with Gasteiger partial charge in [-0.25, -0.2) is 0 Å². The first-order valence-corrected chi connectivity index (χ1v) is 10.9. The SMILES string of the molecule is CC[C@@H](CC1CCC=C2C=C[C@@H](C)[C@H](CC[C@@H]3C[C@@H](O)CC(=O)O3)[C@H]21)C(=O)O. The van der Waals surface area contributed by atoms with E-state index in [1.165, 1.54) is 5.57 Å². The van der Waals surface area contributed by atoms with Gasteiger partial charge in [-0.05, 0) is 67.8 Å². The minimum absolute atomic E-state index is 0.101. The molecule has 3 rings (SSSR count). The summed E-state index contributed by atoms with van der Waals surface area (Å²) >= 11 is 0. The van der Waals surface area contributed by atoms with E-state index in [0.717, 1.165) is 32.1 Å². The van der Waals surface area contributed by atoms with Gasteiger partial charge in [-0.2, -0.15) is 0 Å². The summed E-state index contributed by atoms with van der Waals surface area (Å²) in [5, 5.41) is 19.4. The first-order valence-electron chi connectivity index (χ1n) is 10.9. The highest BCUT2D eigenvalue weighted by atomic mass is 16.5. The van der Waals surface area contributed by atoms with Crippen molar-refractivity contribution >= 4 is 11.9 Å². The molecule has 0 aromatic heterocycles. The number of allylic oxidation sites excluding steroid dienone is 4. The standard InChI is InChI=1S/C23H34O5/c1-3-15(23(26)27)11-17-6-4-5-16-8-7-14(2)20(22(16)17)10-9-19-12-18(24)13-21(25)28-19/h5,7-8,14-15,17-20,22,24H,3-4,6,9-13H2,1-2H3,(H,26,27)/t14-,15+,17?,18-,19-,20+,22-/m1/s1. The minimum atomic E-state index is -0.683. The minimum Gasteiger partial charge on any atom is -0.481 e. The second-order valence-electron chi connectivity index (χ2n) is 8.91. The number of aliphatic hydroxyl groups is 1. The molecule has 0 spiro atoms. The predicted octanol–water partition coefficient (Wildman–Crippen LogP) is 4.11. The Balaban J connectivity index is 1.71. The average Bonchev–Trinajstić information content (AvgIpc) is 2.64. The lowest BCUT2D eigenvalue weighted by molar-refractivity contribution is -0.160. The van der Waals surface area contributed by atoms with Crippen molar-refractivity contribution in [1.29, 1.82) is 0 Å². The maximum atomic E-state index is 11.6. The van der Waals surface area contributed by atoms with Crippen LogP contribution in [0.5, 0.6) is 0 Å². The van der Waals surface area contributed by atoms with Gasteiger partial charge in [0, 0.05) is 6.42 Å². The second kappa shape index (κ2) is 9.25. The molecule has 28 heavy (non-hydrogen) atoms. The Morgan fingerprint density at radius 2 is 2.14 bits per heavy atom. The van der Waals surface area contributed by atoms with E-state index in [1.54, 1.807) is 0 Å². The molecule has 5 heteroatoms. The van der Waals surface area contributed by atoms with E-state index in [0.29, 0.717) is 36.5 Å². The monoisotopic (exact) mass is 390 g/mol. The number of cyclic esters (lactones) is 1. The molecule has 1 unspecified atom stereocenters. The number of rotatable bonds is 7. The van der Waals surface area contributed by atoms with Crippen molar-refractivity contribution in [1.82, 2.24) is 0 Å². The van der Waals surface area contributed by atoms with E-state index in [4.69, 9.17) is 4.74 Å². The van der Waals surface area contributed by atoms with Crippen molar-refractivity contribution < 1.29 is 24.5 Å². The Bertz CT molecular complexity index is 637. The van der Waals surface area contributed by atoms with Crippen molar-refractivity contribution in [2.75, 3.05) is 0 Å². The molecule has 2 aliphatic carbocycles. The Labute approximate surface area is 167 Å². The maximum absolute atomic E-state index is 11.6. The maximum Gasteiger partial charge on any atom is 0.308 e. The van der Waals surface area contributed by atoms with Gasteiger partial charge in [0.25, 0.3) is 0 Å². The summed E-state index contributed by atoms with van der Waals surface area (Å²) in [5.74, 6) is 0.342. The van der Waals surface area contributed by atoms with Crippen LogP contribution in [0.3, 0.4) is 0 Å². The zero-order valence-corrected chi connectivity index (χ0v) is 17.0. The van der Waals surface area contributed by atoms with Gasteiger partial charge in [0.2, 0.25) is 0 Å². The van der Waals surface area contributed by atoms with Crippen LogP contribution in [0.25, 0.3) is 0 Å². The van der Waals surface area contributed by atoms with E-state index < -0.39 is 12.1 Å². The van der Waals surface area contributed by atoms with Crippen LogP contribution in [0.1, 0.15) is 65.2 Å². The first kappa shape index (κ1) is 21.1. The number of fused-ring (bicyclic) bond motifs is 1. The third-order valence-electron chi connectivity index (χ3n) is 7.03. The van der Waals surface area contributed by atoms with Gasteiger partial charge in [-0.1, -0.05) is 32.1 Å². The zero-order chi connectivity index (χ0) is 20.3. The van der Waals surface area contributed by atoms with Crippen molar-refractivity contribution in [2.45, 2.75) is 77.4 Å². The van der Waals surface area contributed by atoms with E-state index in [-0.39, 0.29) is 24.4 Å². The Morgan fingerprint density at radius 1 is 1.36 bits per heavy atom. The molecule has 0 amide bonds. The van der Waals surface area contributed by atoms with Gasteiger partial charge >= 0.3 is 11.9 Å². The Hall–Kier alpha value is -1.62. The molecule has 1 fully saturated rings. The molecule has 0 saturated carbocycles. The number of esters is 1. The molecule has 2 N–H and O–H groups in total. The number of hydrogen-bond acceptors (Lipinski definition) is 4. The molecule has 0 bridgehead atoms. The largest absolute Gasteiger partial charge is 0.481 e. The lowest BCUT2D eigenvalue weighted by Gasteiger charge is -2.43. The highest BCUT2D eigenvalue weighted by Crippen LogP contribution is 2.47. The molecule has 0 radical (unpaired) electrons. The van der Waals surface area contributed by atoms with E-state index >= 15 is 0 Å². The van der Waals surface area contributed by atoms with Crippen LogP contribution in [0.2, 0.25) is 0 Å². The fourth-order valence-electron chi connectivity index (χ4n) is 5.49. The van der Waals surface area contributed by atoms with Crippen LogP contribution in [0.15, 0.2) is 23.8 Å². The molecule has 0 aromatic carbocycles. The predicted molar refractivity (Wildman–Crippen MR) is 106 cm³/mol. The number of carboxylic acids is 1. The molecule has 3 aliphatic rings. The molecule has 1 heterocycles. The number of aliphatic hydroxyl groups excluding tert-OH is 1. The summed E-state index contributed by atoms with van der Waals surface area (Å²) in [4.78, 5) is 23.2. The molecular formula is C23H34O5. The molecule has 0 aromatic rings. The molecular weight excluding hydrogens is 356 g/mol. The summed E-state index contributed by atoms with van der Waals surface area (Å²) in [6.07, 6.45) is 11.8. The Morgan fingerprint density at radius 3 is 2.82 bits per heavy atom. The summed E-state index contributed by atoms with van der Waals surface area (Å²) in [6.45, 7) is 4.20. The smallest absolute Gasteiger partial charge is 0.308 e. The summed E-state index contributed by atoms with van der Waals surface area (Å²) in [5.41, 5.74) is 1.36. The molecule has 1 saturated heterocycles. The zero-order valence-electron chi connectivity index (χ0n) is 17.0. The number of carboxylic acid groups (broad SMARTS) is 1. The van der Waals surface area contributed by atoms with Crippen molar-refractivity contribution in [3.8, 4) is 0 Å². The first-order chi connectivity index (χ1) is 13.4. The third kappa shape index (κ3) is 4.86. The summed E-state index contributed by atoms with van der Waals surface area (Å²) in [6, 6.07) is 0. The fraction of sp³-hybridized carbons (Fsp3) is 0.739. The van der Waals surface area contributed by atoms with Crippen LogP contribution in [0.4, 0.5) is 0 Å². The van der Waals surface area contributed by atoms with Gasteiger partial charge in [0.1, 0.15) is 6.10 Å². The summed E-state index contributed by atoms with van der Waals surface area (Å²) in [7, 11) is 0. The molecule has 1 aliphatic heterocycles. The number of ether oxygens (including phenoxy) is 1. The number of carbonyl (C=O) groups is 2. The highest BCUT2D eigenvalue weighted by molar-refractivity contribution is 5.71. The topological polar surface area (TPSA) is 83.8 Å². The number of hydrogen-bond donors (Lipinski definition) is 2. The third-order valence-corrected chi connectivity index (χ3v) is 7.03. The number of carbonyl (C=O) groups excluding carboxylic acids is 1. The van der Waals surface area contributed by atoms with Crippen LogP contribution >= 0.6 is 0 Å². The lowest BCUT2D eigenvalue weighted by atomic mass is 9.62. The summed E-state index contributed by atoms with van der Waals surface area (Å²) < 4.78 is 5.45. The van der Waals surface area contributed by atoms with Gasteiger partial charge in [-0.15, -0.1) is 0 Å². The van der Waals surface area contributed by atoms with Crippen molar-refractivity contribution in [3.63, 3.8) is 0 Å². The van der Waals surface area contributed by atoms with Gasteiger partial charge in [-0.3, -0.25) is 9.59 Å². The lowest BCUT2D eigenvalue weighted by Crippen LogP contribution is -2.37. The van der Waals surface area contributed by atoms with Gasteiger partial charge in [0.15, 0.2) is 0 Å². The molecule has 5 nitrogen and oxygen atoms in total. The quantitative estimate of drug-likeness (QED) is 0.639. The Kier molecular flexibility index (Phi) is 6.97. The fourth-order valence-corrected chi connectivity index (χ4v) is 5.49. The molecule has 7 atom stereocenters. The highest BCUT2D eigenvalue weighted by Gasteiger charge is 2.40. The normalized spacial score (nSPS) is 36.2. The second-order valence-corrected chi connectivity index (χ2v) is 8.91. The van der Waals surface area contributed by atoms with E-state index in [9.17, 15) is 19.8 Å². The van der Waals surface area contributed by atoms with Crippen LogP contribution in [0, 0.1) is 29.6 Å². The average molecular weight is 391 g/mol. The van der Waals surface area contributed by atoms with E-state index in [1.807, 2.05) is 6.92 Å². The van der Waals surface area contributed by atoms with Crippen LogP contribution in [-0.2, 0) is 14.3 Å². The van der Waals surface area contributed by atoms with Crippen molar-refractivity contribution in [2.24, 2.45) is 29.6 Å².